The molecule has 9 heavy (non-hydrogen) atoms. The first kappa shape index (κ1) is 7.59. The van der Waals surface area contributed by atoms with Crippen molar-refractivity contribution >= 4 is 45.6 Å². The highest BCUT2D eigenvalue weighted by Crippen LogP contribution is 2.14. The molecule has 0 aliphatic carbocycles. The molecule has 0 atom stereocenters. The molecule has 1 rings (SSSR count). The fourth-order valence-electron chi connectivity index (χ4n) is 0.486. The van der Waals surface area contributed by atoms with E-state index >= 15 is 0 Å². The van der Waals surface area contributed by atoms with Crippen LogP contribution in [0.25, 0.3) is 0 Å². The predicted octanol–water partition coefficient (Wildman–Crippen LogP) is 3.02. The molecule has 0 saturated heterocycles. The van der Waals surface area contributed by atoms with Gasteiger partial charge in [0.2, 0.25) is 0 Å². The molecule has 0 radical (unpaired) electrons. The monoisotopic (exact) mass is 346 g/mol. The van der Waals surface area contributed by atoms with Crippen LogP contribution in [0.15, 0.2) is 24.3 Å². The Hall–Kier alpha value is 0.480. The molecule has 0 aliphatic heterocycles. The zero-order chi connectivity index (χ0) is 6.69. The Labute approximate surface area is 81.6 Å². The zero-order valence-corrected chi connectivity index (χ0v) is 8.79. The lowest BCUT2D eigenvalue weighted by molar-refractivity contribution is 0.717. The topological polar surface area (TPSA) is 9.23 Å². The molecule has 0 heterocycles. The third kappa shape index (κ3) is 2.29. The van der Waals surface area contributed by atoms with E-state index in [-0.39, 0.29) is 0 Å². The van der Waals surface area contributed by atoms with Crippen molar-refractivity contribution in [3.63, 3.8) is 0 Å². The highest BCUT2D eigenvalue weighted by molar-refractivity contribution is 14.1. The lowest BCUT2D eigenvalue weighted by atomic mass is 10.3. The third-order valence-corrected chi connectivity index (χ3v) is 2.13. The van der Waals surface area contributed by atoms with Gasteiger partial charge >= 0.3 is 0 Å². The normalized spacial score (nSPS) is 9.11. The van der Waals surface area contributed by atoms with E-state index in [4.69, 9.17) is 3.07 Å². The smallest absolute Gasteiger partial charge is 0.192 e. The Bertz CT molecular complexity index is 183. The van der Waals surface area contributed by atoms with Gasteiger partial charge in [0.1, 0.15) is 5.75 Å². The van der Waals surface area contributed by atoms with E-state index in [1.807, 2.05) is 47.3 Å². The number of benzene rings is 1. The molecule has 1 aromatic carbocycles. The predicted molar refractivity (Wildman–Crippen MR) is 53.8 cm³/mol. The van der Waals surface area contributed by atoms with Crippen LogP contribution in [0.5, 0.6) is 5.75 Å². The first-order valence-corrected chi connectivity index (χ1v) is 4.33. The average molecular weight is 346 g/mol. The Kier molecular flexibility index (Phi) is 3.03. The fourth-order valence-corrected chi connectivity index (χ4v) is 1.14. The summed E-state index contributed by atoms with van der Waals surface area (Å²) in [5, 5.41) is 0. The fraction of sp³-hybridized carbons (Fsp3) is 0. The van der Waals surface area contributed by atoms with Gasteiger partial charge in [0.15, 0.2) is 23.0 Å². The molecule has 0 spiro atoms. The summed E-state index contributed by atoms with van der Waals surface area (Å²) in [6.07, 6.45) is 0. The van der Waals surface area contributed by atoms with Crippen LogP contribution in [0.2, 0.25) is 0 Å². The maximum absolute atomic E-state index is 4.94. The standard InChI is InChI=1S/C6H4I2O/c7-5-1-3-6(9-8)4-2-5/h1-4H. The lowest BCUT2D eigenvalue weighted by Crippen LogP contribution is -1.72. The molecular weight excluding hydrogens is 342 g/mol. The van der Waals surface area contributed by atoms with E-state index in [0.717, 1.165) is 5.75 Å². The number of halogens is 2. The number of hydrogen-bond donors (Lipinski definition) is 0. The second kappa shape index (κ2) is 3.60. The average Bonchev–Trinajstić information content (AvgIpc) is 1.90. The zero-order valence-electron chi connectivity index (χ0n) is 4.47. The molecular formula is C6H4I2O. The van der Waals surface area contributed by atoms with Gasteiger partial charge in [-0.3, -0.25) is 0 Å². The molecule has 0 unspecified atom stereocenters. The van der Waals surface area contributed by atoms with Crippen molar-refractivity contribution in [3.05, 3.63) is 27.8 Å². The van der Waals surface area contributed by atoms with Crippen LogP contribution in [0, 0.1) is 3.57 Å². The second-order valence-corrected chi connectivity index (χ2v) is 3.22. The Morgan fingerprint density at radius 3 is 2.11 bits per heavy atom. The van der Waals surface area contributed by atoms with Crippen LogP contribution >= 0.6 is 45.6 Å². The van der Waals surface area contributed by atoms with Crippen LogP contribution in [0.1, 0.15) is 0 Å². The number of rotatable bonds is 1. The van der Waals surface area contributed by atoms with E-state index in [1.165, 1.54) is 3.57 Å². The molecule has 0 aromatic heterocycles. The molecule has 1 aromatic rings. The van der Waals surface area contributed by atoms with Gasteiger partial charge in [-0.1, -0.05) is 0 Å². The van der Waals surface area contributed by atoms with Gasteiger partial charge in [-0.15, -0.1) is 0 Å². The van der Waals surface area contributed by atoms with Crippen molar-refractivity contribution in [3.8, 4) is 5.75 Å². The summed E-state index contributed by atoms with van der Waals surface area (Å²) in [5.74, 6) is 0.899. The highest BCUT2D eigenvalue weighted by atomic mass is 127. The van der Waals surface area contributed by atoms with Gasteiger partial charge in [0, 0.05) is 3.57 Å². The molecule has 0 saturated carbocycles. The van der Waals surface area contributed by atoms with Gasteiger partial charge < -0.3 is 3.07 Å². The minimum Gasteiger partial charge on any atom is -0.428 e. The van der Waals surface area contributed by atoms with Crippen molar-refractivity contribution in [2.45, 2.75) is 0 Å². The van der Waals surface area contributed by atoms with Crippen molar-refractivity contribution in [2.24, 2.45) is 0 Å². The van der Waals surface area contributed by atoms with E-state index in [1.54, 1.807) is 0 Å². The number of hydrogen-bond acceptors (Lipinski definition) is 1. The highest BCUT2D eigenvalue weighted by Gasteiger charge is 1.88. The van der Waals surface area contributed by atoms with Crippen LogP contribution in [-0.4, -0.2) is 0 Å². The first-order chi connectivity index (χ1) is 4.33. The van der Waals surface area contributed by atoms with Gasteiger partial charge in [-0.2, -0.15) is 0 Å². The third-order valence-electron chi connectivity index (χ3n) is 0.903. The minimum absolute atomic E-state index is 0.899. The second-order valence-electron chi connectivity index (χ2n) is 1.53. The van der Waals surface area contributed by atoms with Crippen molar-refractivity contribution in [2.75, 3.05) is 0 Å². The summed E-state index contributed by atoms with van der Waals surface area (Å²) in [7, 11) is 0. The quantitative estimate of drug-likeness (QED) is 0.711. The molecule has 0 N–H and O–H groups in total. The van der Waals surface area contributed by atoms with Crippen molar-refractivity contribution in [1.82, 2.24) is 0 Å². The summed E-state index contributed by atoms with van der Waals surface area (Å²) in [5.41, 5.74) is 0. The summed E-state index contributed by atoms with van der Waals surface area (Å²) in [4.78, 5) is 0. The summed E-state index contributed by atoms with van der Waals surface area (Å²) in [6.45, 7) is 0. The molecule has 0 amide bonds. The van der Waals surface area contributed by atoms with Gasteiger partial charge in [-0.05, 0) is 46.9 Å². The molecule has 0 bridgehead atoms. The molecule has 0 fully saturated rings. The van der Waals surface area contributed by atoms with E-state index < -0.39 is 0 Å². The Morgan fingerprint density at radius 2 is 1.67 bits per heavy atom. The van der Waals surface area contributed by atoms with Gasteiger partial charge in [-0.25, -0.2) is 0 Å². The van der Waals surface area contributed by atoms with Crippen LogP contribution < -0.4 is 3.07 Å². The SMILES string of the molecule is IOc1ccc(I)cc1. The maximum Gasteiger partial charge on any atom is 0.192 e. The van der Waals surface area contributed by atoms with Crippen LogP contribution in [0.4, 0.5) is 0 Å². The molecule has 3 heteroatoms. The van der Waals surface area contributed by atoms with E-state index in [0.29, 0.717) is 0 Å². The van der Waals surface area contributed by atoms with Gasteiger partial charge in [0.25, 0.3) is 0 Å². The molecule has 0 aliphatic rings. The summed E-state index contributed by atoms with van der Waals surface area (Å²) < 4.78 is 6.16. The largest absolute Gasteiger partial charge is 0.428 e. The first-order valence-electron chi connectivity index (χ1n) is 2.37. The summed E-state index contributed by atoms with van der Waals surface area (Å²) >= 11 is 4.12. The van der Waals surface area contributed by atoms with E-state index in [2.05, 4.69) is 22.6 Å². The Morgan fingerprint density at radius 1 is 1.11 bits per heavy atom. The molecule has 48 valence electrons. The minimum atomic E-state index is 0.899. The van der Waals surface area contributed by atoms with Crippen molar-refractivity contribution < 1.29 is 3.07 Å². The lowest BCUT2D eigenvalue weighted by Gasteiger charge is -1.93. The Balaban J connectivity index is 2.88. The maximum atomic E-state index is 4.94. The van der Waals surface area contributed by atoms with E-state index in [9.17, 15) is 0 Å². The molecule has 1 nitrogen and oxygen atoms in total. The van der Waals surface area contributed by atoms with Crippen molar-refractivity contribution in [1.29, 1.82) is 0 Å². The van der Waals surface area contributed by atoms with Gasteiger partial charge in [0.05, 0.1) is 0 Å². The van der Waals surface area contributed by atoms with Crippen LogP contribution in [-0.2, 0) is 0 Å². The van der Waals surface area contributed by atoms with Crippen LogP contribution in [0.3, 0.4) is 0 Å². The summed E-state index contributed by atoms with van der Waals surface area (Å²) in [6, 6.07) is 7.89.